The minimum absolute atomic E-state index is 0.0484. The second-order valence-electron chi connectivity index (χ2n) is 9.42. The molecule has 0 bridgehead atoms. The van der Waals surface area contributed by atoms with E-state index in [-0.39, 0.29) is 11.3 Å². The smallest absolute Gasteiger partial charge is 0.254 e. The monoisotopic (exact) mass is 453 g/mol. The molecular weight excluding hydrogens is 426 g/mol. The average molecular weight is 454 g/mol. The third-order valence-corrected chi connectivity index (χ3v) is 7.19. The molecule has 4 aromatic heterocycles. The fourth-order valence-corrected chi connectivity index (χ4v) is 5.15. The molecule has 0 aromatic carbocycles. The van der Waals surface area contributed by atoms with Crippen molar-refractivity contribution < 1.29 is 4.79 Å². The lowest BCUT2D eigenvalue weighted by Crippen LogP contribution is -2.38. The summed E-state index contributed by atoms with van der Waals surface area (Å²) in [6, 6.07) is 10.1. The second kappa shape index (κ2) is 7.92. The summed E-state index contributed by atoms with van der Waals surface area (Å²) < 4.78 is 1.99. The number of piperidine rings is 1. The van der Waals surface area contributed by atoms with Crippen molar-refractivity contribution in [2.75, 3.05) is 18.4 Å². The first-order valence-corrected chi connectivity index (χ1v) is 11.7. The molecule has 2 aliphatic heterocycles. The SMILES string of the molecule is Cn1ccc2c(-c3ncc(Nc4cccc(C5(C)CCNCC5)n4)c4c3CNC4=O)ccnc21. The number of aromatic nitrogens is 4. The molecule has 1 fully saturated rings. The largest absolute Gasteiger partial charge is 0.348 e. The standard InChI is InChI=1S/C26H27N7O/c1-26(8-11-27-12-9-26)20-4-3-5-21(32-20)31-19-15-29-23(18-14-30-25(34)22(18)19)16-6-10-28-24-17(16)7-13-33(24)2/h3-7,10,13,15,27H,8-9,11-12,14H2,1-2H3,(H,30,34)(H,31,32). The molecule has 172 valence electrons. The molecule has 4 aromatic rings. The van der Waals surface area contributed by atoms with Crippen LogP contribution in [0.15, 0.2) is 48.9 Å². The number of amides is 1. The summed E-state index contributed by atoms with van der Waals surface area (Å²) in [6.45, 7) is 4.72. The van der Waals surface area contributed by atoms with Gasteiger partial charge < -0.3 is 20.5 Å². The molecule has 0 aliphatic carbocycles. The van der Waals surface area contributed by atoms with Crippen molar-refractivity contribution in [2.24, 2.45) is 7.05 Å². The number of fused-ring (bicyclic) bond motifs is 2. The van der Waals surface area contributed by atoms with Crippen molar-refractivity contribution in [1.82, 2.24) is 30.2 Å². The van der Waals surface area contributed by atoms with Gasteiger partial charge in [0.1, 0.15) is 11.5 Å². The van der Waals surface area contributed by atoms with E-state index in [0.717, 1.165) is 65.3 Å². The number of nitrogens with one attached hydrogen (secondary N) is 3. The Balaban J connectivity index is 1.40. The van der Waals surface area contributed by atoms with Gasteiger partial charge in [-0.3, -0.25) is 9.78 Å². The summed E-state index contributed by atoms with van der Waals surface area (Å²) in [4.78, 5) is 27.1. The maximum Gasteiger partial charge on any atom is 0.254 e. The zero-order valence-corrected chi connectivity index (χ0v) is 19.4. The number of rotatable bonds is 4. The number of anilines is 2. The van der Waals surface area contributed by atoms with E-state index in [1.807, 2.05) is 42.1 Å². The van der Waals surface area contributed by atoms with E-state index in [1.54, 1.807) is 12.4 Å². The summed E-state index contributed by atoms with van der Waals surface area (Å²) >= 11 is 0. The van der Waals surface area contributed by atoms with Crippen molar-refractivity contribution >= 4 is 28.4 Å². The maximum atomic E-state index is 12.9. The van der Waals surface area contributed by atoms with Crippen molar-refractivity contribution in [3.05, 3.63) is 65.7 Å². The molecule has 1 saturated heterocycles. The van der Waals surface area contributed by atoms with Gasteiger partial charge in [-0.2, -0.15) is 0 Å². The lowest BCUT2D eigenvalue weighted by atomic mass is 9.78. The van der Waals surface area contributed by atoms with Crippen LogP contribution < -0.4 is 16.0 Å². The zero-order chi connectivity index (χ0) is 23.3. The Morgan fingerprint density at radius 1 is 1.12 bits per heavy atom. The molecule has 2 aliphatic rings. The van der Waals surface area contributed by atoms with E-state index in [2.05, 4.69) is 33.9 Å². The molecule has 0 radical (unpaired) electrons. The summed E-state index contributed by atoms with van der Waals surface area (Å²) in [5.74, 6) is 0.629. The number of hydrogen-bond acceptors (Lipinski definition) is 6. The van der Waals surface area contributed by atoms with Gasteiger partial charge in [0.2, 0.25) is 0 Å². The molecule has 0 atom stereocenters. The summed E-state index contributed by atoms with van der Waals surface area (Å²) in [5, 5.41) is 10.8. The van der Waals surface area contributed by atoms with Crippen molar-refractivity contribution in [2.45, 2.75) is 31.7 Å². The summed E-state index contributed by atoms with van der Waals surface area (Å²) in [5.41, 5.74) is 6.00. The molecule has 6 rings (SSSR count). The first-order valence-electron chi connectivity index (χ1n) is 11.7. The highest BCUT2D eigenvalue weighted by Crippen LogP contribution is 2.37. The molecule has 0 spiro atoms. The minimum atomic E-state index is -0.0963. The van der Waals surface area contributed by atoms with Gasteiger partial charge >= 0.3 is 0 Å². The van der Waals surface area contributed by atoms with Gasteiger partial charge in [-0.05, 0) is 50.2 Å². The lowest BCUT2D eigenvalue weighted by molar-refractivity contribution is 0.0966. The predicted molar refractivity (Wildman–Crippen MR) is 132 cm³/mol. The molecule has 3 N–H and O–H groups in total. The van der Waals surface area contributed by atoms with Gasteiger partial charge in [0.05, 0.1) is 23.1 Å². The highest BCUT2D eigenvalue weighted by Gasteiger charge is 2.31. The Labute approximate surface area is 197 Å². The van der Waals surface area contributed by atoms with E-state index >= 15 is 0 Å². The van der Waals surface area contributed by atoms with Crippen LogP contribution >= 0.6 is 0 Å². The van der Waals surface area contributed by atoms with Crippen LogP contribution in [-0.4, -0.2) is 38.5 Å². The molecule has 34 heavy (non-hydrogen) atoms. The molecule has 0 unspecified atom stereocenters. The average Bonchev–Trinajstić information content (AvgIpc) is 3.43. The van der Waals surface area contributed by atoms with Crippen LogP contribution in [0.25, 0.3) is 22.3 Å². The summed E-state index contributed by atoms with van der Waals surface area (Å²) in [6.07, 6.45) is 7.63. The van der Waals surface area contributed by atoms with E-state index < -0.39 is 0 Å². The predicted octanol–water partition coefficient (Wildman–Crippen LogP) is 3.66. The van der Waals surface area contributed by atoms with E-state index in [1.165, 1.54) is 0 Å². The van der Waals surface area contributed by atoms with Crippen molar-refractivity contribution in [1.29, 1.82) is 0 Å². The highest BCUT2D eigenvalue weighted by atomic mass is 16.1. The number of carbonyl (C=O) groups is 1. The van der Waals surface area contributed by atoms with Crippen LogP contribution in [0.1, 0.15) is 41.4 Å². The third kappa shape index (κ3) is 3.33. The maximum absolute atomic E-state index is 12.9. The molecule has 8 nitrogen and oxygen atoms in total. The fourth-order valence-electron chi connectivity index (χ4n) is 5.15. The van der Waals surface area contributed by atoms with Crippen LogP contribution in [0.2, 0.25) is 0 Å². The van der Waals surface area contributed by atoms with Crippen molar-refractivity contribution in [3.8, 4) is 11.3 Å². The lowest BCUT2D eigenvalue weighted by Gasteiger charge is -2.33. The number of carbonyl (C=O) groups excluding carboxylic acids is 1. The Hall–Kier alpha value is -3.78. The van der Waals surface area contributed by atoms with Gasteiger partial charge in [0, 0.05) is 53.6 Å². The Morgan fingerprint density at radius 2 is 1.97 bits per heavy atom. The number of aryl methyl sites for hydroxylation is 1. The topological polar surface area (TPSA) is 96.8 Å². The Morgan fingerprint density at radius 3 is 2.82 bits per heavy atom. The van der Waals surface area contributed by atoms with Crippen molar-refractivity contribution in [3.63, 3.8) is 0 Å². The van der Waals surface area contributed by atoms with Crippen LogP contribution in [0, 0.1) is 0 Å². The fraction of sp³-hybridized carbons (Fsp3) is 0.308. The molecule has 1 amide bonds. The van der Waals surface area contributed by atoms with E-state index in [9.17, 15) is 4.79 Å². The quantitative estimate of drug-likeness (QED) is 0.436. The minimum Gasteiger partial charge on any atom is -0.348 e. The van der Waals surface area contributed by atoms with Crippen LogP contribution in [0.3, 0.4) is 0 Å². The van der Waals surface area contributed by atoms with Crippen LogP contribution in [0.4, 0.5) is 11.5 Å². The van der Waals surface area contributed by atoms with E-state index in [4.69, 9.17) is 9.97 Å². The summed E-state index contributed by atoms with van der Waals surface area (Å²) in [7, 11) is 1.97. The van der Waals surface area contributed by atoms with Gasteiger partial charge in [0.25, 0.3) is 5.91 Å². The van der Waals surface area contributed by atoms with Crippen LogP contribution in [0.5, 0.6) is 0 Å². The third-order valence-electron chi connectivity index (χ3n) is 7.19. The highest BCUT2D eigenvalue weighted by molar-refractivity contribution is 6.06. The molecule has 6 heterocycles. The first-order chi connectivity index (χ1) is 16.5. The second-order valence-corrected chi connectivity index (χ2v) is 9.42. The number of pyridine rings is 3. The Kier molecular flexibility index (Phi) is 4.84. The molecular formula is C26H27N7O. The van der Waals surface area contributed by atoms with Crippen LogP contribution in [-0.2, 0) is 19.0 Å². The zero-order valence-electron chi connectivity index (χ0n) is 19.4. The van der Waals surface area contributed by atoms with Gasteiger partial charge in [-0.25, -0.2) is 9.97 Å². The Bertz CT molecular complexity index is 1420. The number of hydrogen-bond donors (Lipinski definition) is 3. The van der Waals surface area contributed by atoms with Gasteiger partial charge in [-0.15, -0.1) is 0 Å². The normalized spacial score (nSPS) is 16.9. The van der Waals surface area contributed by atoms with Gasteiger partial charge in [-0.1, -0.05) is 13.0 Å². The number of nitrogens with zero attached hydrogens (tertiary/aromatic N) is 4. The first kappa shape index (κ1) is 20.8. The molecule has 8 heteroatoms. The van der Waals surface area contributed by atoms with E-state index in [0.29, 0.717) is 17.8 Å². The van der Waals surface area contributed by atoms with Gasteiger partial charge in [0.15, 0.2) is 0 Å². The molecule has 0 saturated carbocycles.